The third-order valence-corrected chi connectivity index (χ3v) is 5.65. The maximum atomic E-state index is 12.7. The quantitative estimate of drug-likeness (QED) is 0.704. The molecule has 4 amide bonds. The number of hydrogen-bond acceptors (Lipinski definition) is 5. The van der Waals surface area contributed by atoms with Crippen molar-refractivity contribution in [2.45, 2.75) is 32.2 Å². The number of para-hydroxylation sites is 1. The Kier molecular flexibility index (Phi) is 6.10. The first-order chi connectivity index (χ1) is 13.4. The minimum Gasteiger partial charge on any atom is -0.378 e. The van der Waals surface area contributed by atoms with Crippen LogP contribution in [0, 0.1) is 0 Å². The number of anilines is 2. The highest BCUT2D eigenvalue weighted by Gasteiger charge is 2.49. The van der Waals surface area contributed by atoms with Gasteiger partial charge in [0.15, 0.2) is 0 Å². The van der Waals surface area contributed by atoms with E-state index in [0.717, 1.165) is 10.6 Å². The second-order valence-corrected chi connectivity index (χ2v) is 7.30. The van der Waals surface area contributed by atoms with Crippen LogP contribution in [-0.2, 0) is 14.3 Å². The zero-order valence-electron chi connectivity index (χ0n) is 16.1. The molecule has 2 N–H and O–H groups in total. The van der Waals surface area contributed by atoms with Gasteiger partial charge in [0.2, 0.25) is 5.91 Å². The summed E-state index contributed by atoms with van der Waals surface area (Å²) in [5.41, 5.74) is 0.338. The monoisotopic (exact) mass is 408 g/mol. The molecule has 3 rings (SSSR count). The zero-order chi connectivity index (χ0) is 20.3. The van der Waals surface area contributed by atoms with Crippen molar-refractivity contribution in [2.24, 2.45) is 0 Å². The van der Waals surface area contributed by atoms with E-state index in [1.165, 1.54) is 0 Å². The van der Waals surface area contributed by atoms with E-state index in [1.54, 1.807) is 18.2 Å². The molecule has 28 heavy (non-hydrogen) atoms. The molecule has 2 heterocycles. The molecule has 0 radical (unpaired) electrons. The first kappa shape index (κ1) is 20.4. The van der Waals surface area contributed by atoms with Gasteiger partial charge in [-0.15, -0.1) is 0 Å². The van der Waals surface area contributed by atoms with Crippen LogP contribution in [0.15, 0.2) is 18.2 Å². The lowest BCUT2D eigenvalue weighted by Crippen LogP contribution is -2.46. The second-order valence-electron chi connectivity index (χ2n) is 6.89. The first-order valence-electron chi connectivity index (χ1n) is 9.47. The van der Waals surface area contributed by atoms with Gasteiger partial charge in [-0.05, 0) is 25.0 Å². The van der Waals surface area contributed by atoms with Gasteiger partial charge in [0.05, 0.1) is 29.6 Å². The van der Waals surface area contributed by atoms with Gasteiger partial charge in [-0.2, -0.15) is 0 Å². The summed E-state index contributed by atoms with van der Waals surface area (Å²) in [5, 5.41) is 6.04. The number of hydrogen-bond donors (Lipinski definition) is 2. The van der Waals surface area contributed by atoms with Crippen LogP contribution in [0.2, 0.25) is 5.02 Å². The lowest BCUT2D eigenvalue weighted by Gasteiger charge is -2.31. The Balaban J connectivity index is 1.75. The molecule has 2 saturated heterocycles. The smallest absolute Gasteiger partial charge is 0.325 e. The number of nitrogens with one attached hydrogen (secondary N) is 2. The number of halogens is 1. The Morgan fingerprint density at radius 2 is 1.93 bits per heavy atom. The molecule has 2 fully saturated rings. The number of carbonyl (C=O) groups excluding carboxylic acids is 3. The van der Waals surface area contributed by atoms with Gasteiger partial charge in [0.1, 0.15) is 12.1 Å². The van der Waals surface area contributed by atoms with E-state index in [0.29, 0.717) is 49.9 Å². The molecular weight excluding hydrogens is 384 g/mol. The van der Waals surface area contributed by atoms with Gasteiger partial charge in [0, 0.05) is 13.1 Å². The van der Waals surface area contributed by atoms with Crippen LogP contribution in [0.25, 0.3) is 0 Å². The fourth-order valence-electron chi connectivity index (χ4n) is 3.61. The summed E-state index contributed by atoms with van der Waals surface area (Å²) >= 11 is 6.38. The number of imide groups is 1. The molecule has 0 saturated carbocycles. The first-order valence-corrected chi connectivity index (χ1v) is 9.85. The van der Waals surface area contributed by atoms with E-state index < -0.39 is 17.5 Å². The molecule has 1 aromatic rings. The Hall–Kier alpha value is -2.32. The summed E-state index contributed by atoms with van der Waals surface area (Å²) in [4.78, 5) is 40.6. The molecule has 0 aromatic heterocycles. The van der Waals surface area contributed by atoms with Crippen molar-refractivity contribution in [1.29, 1.82) is 0 Å². The van der Waals surface area contributed by atoms with Crippen molar-refractivity contribution < 1.29 is 19.1 Å². The number of ether oxygens (including phenoxy) is 1. The molecule has 1 aromatic carbocycles. The standard InChI is InChI=1S/C19H25ClN4O4/c1-3-19(4-2)17(26)24(18(27)22-19)12-15(25)21-14-7-5-6-13(20)16(14)23-8-10-28-11-9-23/h5-7H,3-4,8-12H2,1-2H3,(H,21,25)(H,22,27). The number of amides is 4. The highest BCUT2D eigenvalue weighted by atomic mass is 35.5. The van der Waals surface area contributed by atoms with Gasteiger partial charge in [-0.3, -0.25) is 14.5 Å². The summed E-state index contributed by atoms with van der Waals surface area (Å²) in [5.74, 6) is -0.819. The largest absolute Gasteiger partial charge is 0.378 e. The van der Waals surface area contributed by atoms with Crippen LogP contribution in [0.3, 0.4) is 0 Å². The molecule has 2 aliphatic rings. The predicted octanol–water partition coefficient (Wildman–Crippen LogP) is 2.23. The van der Waals surface area contributed by atoms with Gasteiger partial charge < -0.3 is 20.3 Å². The second kappa shape index (κ2) is 8.36. The number of rotatable bonds is 6. The highest BCUT2D eigenvalue weighted by molar-refractivity contribution is 6.34. The average molecular weight is 409 g/mol. The van der Waals surface area contributed by atoms with E-state index in [2.05, 4.69) is 10.6 Å². The van der Waals surface area contributed by atoms with Gasteiger partial charge in [-0.1, -0.05) is 31.5 Å². The minimum atomic E-state index is -0.924. The SMILES string of the molecule is CCC1(CC)NC(=O)N(CC(=O)Nc2cccc(Cl)c2N2CCOCC2)C1=O. The summed E-state index contributed by atoms with van der Waals surface area (Å²) in [7, 11) is 0. The Bertz CT molecular complexity index is 775. The Morgan fingerprint density at radius 3 is 2.54 bits per heavy atom. The fraction of sp³-hybridized carbons (Fsp3) is 0.526. The molecule has 152 valence electrons. The number of urea groups is 1. The van der Waals surface area contributed by atoms with Crippen LogP contribution in [0.5, 0.6) is 0 Å². The van der Waals surface area contributed by atoms with E-state index in [1.807, 2.05) is 18.7 Å². The van der Waals surface area contributed by atoms with Crippen LogP contribution < -0.4 is 15.5 Å². The van der Waals surface area contributed by atoms with Crippen molar-refractivity contribution in [3.8, 4) is 0 Å². The van der Waals surface area contributed by atoms with Crippen molar-refractivity contribution in [3.05, 3.63) is 23.2 Å². The molecular formula is C19H25ClN4O4. The maximum absolute atomic E-state index is 12.7. The van der Waals surface area contributed by atoms with Crippen LogP contribution in [-0.4, -0.2) is 61.1 Å². The molecule has 0 aliphatic carbocycles. The van der Waals surface area contributed by atoms with Crippen molar-refractivity contribution in [2.75, 3.05) is 43.1 Å². The summed E-state index contributed by atoms with van der Waals surface area (Å²) in [6, 6.07) is 4.72. The van der Waals surface area contributed by atoms with E-state index in [-0.39, 0.29) is 12.5 Å². The summed E-state index contributed by atoms with van der Waals surface area (Å²) in [6.45, 7) is 5.82. The van der Waals surface area contributed by atoms with E-state index in [9.17, 15) is 14.4 Å². The maximum Gasteiger partial charge on any atom is 0.325 e. The fourth-order valence-corrected chi connectivity index (χ4v) is 3.90. The molecule has 2 aliphatic heterocycles. The minimum absolute atomic E-state index is 0.346. The topological polar surface area (TPSA) is 91.0 Å². The van der Waals surface area contributed by atoms with Crippen LogP contribution in [0.4, 0.5) is 16.2 Å². The lowest BCUT2D eigenvalue weighted by molar-refractivity contribution is -0.134. The number of morpholine rings is 1. The van der Waals surface area contributed by atoms with Gasteiger partial charge >= 0.3 is 6.03 Å². The molecule has 8 nitrogen and oxygen atoms in total. The molecule has 0 bridgehead atoms. The highest BCUT2D eigenvalue weighted by Crippen LogP contribution is 2.34. The normalized spacial score (nSPS) is 19.0. The van der Waals surface area contributed by atoms with Gasteiger partial charge in [-0.25, -0.2) is 4.79 Å². The van der Waals surface area contributed by atoms with E-state index >= 15 is 0 Å². The third kappa shape index (κ3) is 3.79. The Morgan fingerprint density at radius 1 is 1.25 bits per heavy atom. The van der Waals surface area contributed by atoms with Crippen LogP contribution in [0.1, 0.15) is 26.7 Å². The molecule has 0 spiro atoms. The average Bonchev–Trinajstić information content (AvgIpc) is 2.93. The number of benzene rings is 1. The summed E-state index contributed by atoms with van der Waals surface area (Å²) in [6.07, 6.45) is 0.948. The van der Waals surface area contributed by atoms with Crippen molar-refractivity contribution >= 4 is 40.8 Å². The number of carbonyl (C=O) groups is 3. The van der Waals surface area contributed by atoms with Crippen LogP contribution >= 0.6 is 11.6 Å². The third-order valence-electron chi connectivity index (χ3n) is 5.34. The molecule has 9 heteroatoms. The van der Waals surface area contributed by atoms with Crippen molar-refractivity contribution in [1.82, 2.24) is 10.2 Å². The molecule has 0 unspecified atom stereocenters. The number of nitrogens with zero attached hydrogens (tertiary/aromatic N) is 2. The predicted molar refractivity (Wildman–Crippen MR) is 107 cm³/mol. The van der Waals surface area contributed by atoms with E-state index in [4.69, 9.17) is 16.3 Å². The van der Waals surface area contributed by atoms with Crippen molar-refractivity contribution in [3.63, 3.8) is 0 Å². The Labute approximate surface area is 169 Å². The lowest BCUT2D eigenvalue weighted by atomic mass is 9.93. The summed E-state index contributed by atoms with van der Waals surface area (Å²) < 4.78 is 5.37. The molecule has 0 atom stereocenters. The van der Waals surface area contributed by atoms with Gasteiger partial charge in [0.25, 0.3) is 5.91 Å². The zero-order valence-corrected chi connectivity index (χ0v) is 16.8.